The molecule has 0 atom stereocenters. The van der Waals surface area contributed by atoms with E-state index in [4.69, 9.17) is 0 Å². The summed E-state index contributed by atoms with van der Waals surface area (Å²) in [5.41, 5.74) is 0.0695. The van der Waals surface area contributed by atoms with Gasteiger partial charge in [0.15, 0.2) is 0 Å². The number of rotatable bonds is 3. The van der Waals surface area contributed by atoms with E-state index in [0.717, 1.165) is 32.4 Å². The summed E-state index contributed by atoms with van der Waals surface area (Å²) in [5.74, 6) is 0.0537. The Kier molecular flexibility index (Phi) is 3.76. The molecule has 2 nitrogen and oxygen atoms in total. The summed E-state index contributed by atoms with van der Waals surface area (Å²) < 4.78 is 1.92. The average molecular weight is 367 g/mol. The molecule has 0 radical (unpaired) electrons. The van der Waals surface area contributed by atoms with Crippen LogP contribution in [0.4, 0.5) is 0 Å². The first-order chi connectivity index (χ1) is 7.56. The van der Waals surface area contributed by atoms with Gasteiger partial charge in [0.25, 0.3) is 5.91 Å². The smallest absolute Gasteiger partial charge is 0.261 e. The third kappa shape index (κ3) is 2.36. The Hall–Kier alpha value is 0.130. The number of thiophene rings is 1. The number of halogens is 2. The standard InChI is InChI=1S/C11H13Br2NOS/c1-2-11(4-3-5-11)14-10(15)8-6-7(12)9(13)16-8/h6H,2-5H2,1H3,(H,14,15). The molecule has 1 saturated carbocycles. The zero-order chi connectivity index (χ0) is 11.8. The molecule has 2 rings (SSSR count). The van der Waals surface area contributed by atoms with Crippen molar-refractivity contribution in [3.8, 4) is 0 Å². The summed E-state index contributed by atoms with van der Waals surface area (Å²) in [4.78, 5) is 12.8. The highest BCUT2D eigenvalue weighted by Gasteiger charge is 2.36. The molecule has 1 aromatic rings. The third-order valence-corrected chi connectivity index (χ3v) is 6.49. The highest BCUT2D eigenvalue weighted by Crippen LogP contribution is 2.36. The molecule has 0 bridgehead atoms. The molecular formula is C11H13Br2NOS. The van der Waals surface area contributed by atoms with E-state index in [1.54, 1.807) is 0 Å². The van der Waals surface area contributed by atoms with Crippen molar-refractivity contribution in [3.63, 3.8) is 0 Å². The van der Waals surface area contributed by atoms with Crippen LogP contribution in [0, 0.1) is 0 Å². The Morgan fingerprint density at radius 2 is 2.25 bits per heavy atom. The van der Waals surface area contributed by atoms with Gasteiger partial charge in [-0.15, -0.1) is 11.3 Å². The van der Waals surface area contributed by atoms with Crippen molar-refractivity contribution in [3.05, 3.63) is 19.2 Å². The second kappa shape index (κ2) is 4.78. The van der Waals surface area contributed by atoms with E-state index < -0.39 is 0 Å². The second-order valence-corrected chi connectivity index (χ2v) is 7.40. The lowest BCUT2D eigenvalue weighted by molar-refractivity contribution is 0.0824. The molecule has 0 aliphatic heterocycles. The van der Waals surface area contributed by atoms with Crippen molar-refractivity contribution in [2.45, 2.75) is 38.1 Å². The molecule has 88 valence electrons. The topological polar surface area (TPSA) is 29.1 Å². The average Bonchev–Trinajstić information content (AvgIpc) is 2.53. The van der Waals surface area contributed by atoms with Crippen molar-refractivity contribution in [2.24, 2.45) is 0 Å². The Labute approximate surface area is 116 Å². The van der Waals surface area contributed by atoms with E-state index in [9.17, 15) is 4.79 Å². The lowest BCUT2D eigenvalue weighted by Crippen LogP contribution is -2.52. The van der Waals surface area contributed by atoms with Crippen LogP contribution in [0.1, 0.15) is 42.3 Å². The molecule has 16 heavy (non-hydrogen) atoms. The zero-order valence-electron chi connectivity index (χ0n) is 8.98. The molecule has 1 heterocycles. The lowest BCUT2D eigenvalue weighted by atomic mass is 9.75. The summed E-state index contributed by atoms with van der Waals surface area (Å²) in [6, 6.07) is 1.87. The molecule has 1 aliphatic carbocycles. The molecule has 1 amide bonds. The molecule has 1 N–H and O–H groups in total. The van der Waals surface area contributed by atoms with E-state index in [1.807, 2.05) is 6.07 Å². The van der Waals surface area contributed by atoms with Crippen molar-refractivity contribution in [2.75, 3.05) is 0 Å². The van der Waals surface area contributed by atoms with E-state index in [1.165, 1.54) is 17.8 Å². The minimum Gasteiger partial charge on any atom is -0.346 e. The van der Waals surface area contributed by atoms with E-state index in [2.05, 4.69) is 44.1 Å². The van der Waals surface area contributed by atoms with Crippen molar-refractivity contribution in [1.82, 2.24) is 5.32 Å². The molecule has 5 heteroatoms. The molecule has 1 fully saturated rings. The number of hydrogen-bond acceptors (Lipinski definition) is 2. The summed E-state index contributed by atoms with van der Waals surface area (Å²) in [6.45, 7) is 2.14. The highest BCUT2D eigenvalue weighted by atomic mass is 79.9. The van der Waals surface area contributed by atoms with E-state index in [0.29, 0.717) is 0 Å². The Balaban J connectivity index is 2.08. The SMILES string of the molecule is CCC1(NC(=O)c2cc(Br)c(Br)s2)CCC1. The van der Waals surface area contributed by atoms with Gasteiger partial charge in [-0.2, -0.15) is 0 Å². The van der Waals surface area contributed by atoms with E-state index in [-0.39, 0.29) is 11.4 Å². The fraction of sp³-hybridized carbons (Fsp3) is 0.545. The van der Waals surface area contributed by atoms with Crippen LogP contribution in [0.3, 0.4) is 0 Å². The van der Waals surface area contributed by atoms with Gasteiger partial charge in [-0.3, -0.25) is 4.79 Å². The zero-order valence-corrected chi connectivity index (χ0v) is 13.0. The second-order valence-electron chi connectivity index (χ2n) is 4.17. The first-order valence-electron chi connectivity index (χ1n) is 5.34. The van der Waals surface area contributed by atoms with Crippen LogP contribution in [-0.2, 0) is 0 Å². The van der Waals surface area contributed by atoms with Gasteiger partial charge in [-0.25, -0.2) is 0 Å². The van der Waals surface area contributed by atoms with Gasteiger partial charge in [0.2, 0.25) is 0 Å². The molecule has 0 spiro atoms. The summed E-state index contributed by atoms with van der Waals surface area (Å²) in [5, 5.41) is 3.17. The van der Waals surface area contributed by atoms with Gasteiger partial charge in [0.1, 0.15) is 0 Å². The molecule has 0 saturated heterocycles. The summed E-state index contributed by atoms with van der Waals surface area (Å²) >= 11 is 8.27. The highest BCUT2D eigenvalue weighted by molar-refractivity contribution is 9.13. The summed E-state index contributed by atoms with van der Waals surface area (Å²) in [6.07, 6.45) is 4.48. The summed E-state index contributed by atoms with van der Waals surface area (Å²) in [7, 11) is 0. The number of carbonyl (C=O) groups is 1. The van der Waals surface area contributed by atoms with Crippen LogP contribution >= 0.6 is 43.2 Å². The van der Waals surface area contributed by atoms with Crippen molar-refractivity contribution in [1.29, 1.82) is 0 Å². The van der Waals surface area contributed by atoms with Crippen molar-refractivity contribution < 1.29 is 4.79 Å². The largest absolute Gasteiger partial charge is 0.346 e. The maximum atomic E-state index is 12.0. The first kappa shape index (κ1) is 12.6. The van der Waals surface area contributed by atoms with Gasteiger partial charge >= 0.3 is 0 Å². The first-order valence-corrected chi connectivity index (χ1v) is 7.74. The Bertz CT molecular complexity index is 387. The van der Waals surface area contributed by atoms with Crippen LogP contribution in [0.15, 0.2) is 14.3 Å². The number of nitrogens with one attached hydrogen (secondary N) is 1. The number of carbonyl (C=O) groups excluding carboxylic acids is 1. The maximum Gasteiger partial charge on any atom is 0.261 e. The van der Waals surface area contributed by atoms with Crippen molar-refractivity contribution >= 4 is 49.1 Å². The fourth-order valence-corrected chi connectivity index (χ4v) is 3.86. The van der Waals surface area contributed by atoms with Crippen LogP contribution in [0.25, 0.3) is 0 Å². The maximum absolute atomic E-state index is 12.0. The van der Waals surface area contributed by atoms with Crippen LogP contribution in [-0.4, -0.2) is 11.4 Å². The minimum absolute atomic E-state index is 0.0537. The van der Waals surface area contributed by atoms with Gasteiger partial charge in [0.05, 0.1) is 8.66 Å². The van der Waals surface area contributed by atoms with Gasteiger partial charge in [-0.1, -0.05) is 6.92 Å². The molecule has 1 aliphatic rings. The van der Waals surface area contributed by atoms with E-state index >= 15 is 0 Å². The Morgan fingerprint density at radius 1 is 1.56 bits per heavy atom. The monoisotopic (exact) mass is 365 g/mol. The normalized spacial score (nSPS) is 17.9. The van der Waals surface area contributed by atoms with Gasteiger partial charge in [-0.05, 0) is 63.6 Å². The lowest BCUT2D eigenvalue weighted by Gasteiger charge is -2.41. The van der Waals surface area contributed by atoms with Gasteiger partial charge < -0.3 is 5.32 Å². The molecular weight excluding hydrogens is 354 g/mol. The van der Waals surface area contributed by atoms with Crippen LogP contribution in [0.2, 0.25) is 0 Å². The number of amides is 1. The van der Waals surface area contributed by atoms with Crippen LogP contribution < -0.4 is 5.32 Å². The van der Waals surface area contributed by atoms with Gasteiger partial charge in [0, 0.05) is 10.0 Å². The quantitative estimate of drug-likeness (QED) is 0.847. The fourth-order valence-electron chi connectivity index (χ4n) is 1.93. The minimum atomic E-state index is 0.0537. The third-order valence-electron chi connectivity index (χ3n) is 3.24. The number of hydrogen-bond donors (Lipinski definition) is 1. The van der Waals surface area contributed by atoms with Crippen LogP contribution in [0.5, 0.6) is 0 Å². The Morgan fingerprint density at radius 3 is 2.62 bits per heavy atom. The predicted molar refractivity (Wildman–Crippen MR) is 74.1 cm³/mol. The molecule has 0 unspecified atom stereocenters. The molecule has 0 aromatic carbocycles. The predicted octanol–water partition coefficient (Wildman–Crippen LogP) is 4.34. The molecule has 1 aromatic heterocycles.